The lowest BCUT2D eigenvalue weighted by atomic mass is 9.94. The molecular weight excluding hydrogens is 236 g/mol. The molecule has 0 aliphatic carbocycles. The average Bonchev–Trinajstić information content (AvgIpc) is 2.43. The van der Waals surface area contributed by atoms with Gasteiger partial charge in [0.15, 0.2) is 5.96 Å². The lowest BCUT2D eigenvalue weighted by Gasteiger charge is -2.27. The van der Waals surface area contributed by atoms with E-state index < -0.39 is 0 Å². The molecule has 1 aliphatic rings. The lowest BCUT2D eigenvalue weighted by Crippen LogP contribution is -2.48. The van der Waals surface area contributed by atoms with Crippen molar-refractivity contribution in [3.8, 4) is 0 Å². The Balaban J connectivity index is 2.18. The molecule has 4 heteroatoms. The van der Waals surface area contributed by atoms with Gasteiger partial charge in [0.1, 0.15) is 0 Å². The van der Waals surface area contributed by atoms with Crippen LogP contribution in [0.25, 0.3) is 0 Å². The molecule has 112 valence electrons. The largest absolute Gasteiger partial charge is 0.356 e. The van der Waals surface area contributed by atoms with Crippen LogP contribution in [0, 0.1) is 11.3 Å². The van der Waals surface area contributed by atoms with E-state index in [0.717, 1.165) is 25.6 Å². The van der Waals surface area contributed by atoms with Crippen LogP contribution >= 0.6 is 0 Å². The van der Waals surface area contributed by atoms with Crippen molar-refractivity contribution in [2.24, 2.45) is 22.1 Å². The molecule has 0 radical (unpaired) electrons. The van der Waals surface area contributed by atoms with Gasteiger partial charge in [0.05, 0.1) is 0 Å². The van der Waals surface area contributed by atoms with Crippen molar-refractivity contribution >= 4 is 5.96 Å². The first-order chi connectivity index (χ1) is 9.07. The Hall–Kier alpha value is -0.770. The van der Waals surface area contributed by atoms with Gasteiger partial charge < -0.3 is 16.4 Å². The monoisotopic (exact) mass is 268 g/mol. The standard InChI is InChI=1S/C15H32N4/c1-4-5-6-7-8-13-9-17-14(18-10-13)19-12-15(2,3)11-16/h13H,4-12,16H2,1-3H3,(H2,17,18,19). The molecule has 1 rings (SSSR count). The quantitative estimate of drug-likeness (QED) is 0.591. The molecule has 1 aliphatic heterocycles. The van der Waals surface area contributed by atoms with Gasteiger partial charge in [-0.1, -0.05) is 46.5 Å². The number of hydrogen-bond acceptors (Lipinski definition) is 4. The zero-order valence-electron chi connectivity index (χ0n) is 13.0. The van der Waals surface area contributed by atoms with Crippen LogP contribution in [-0.2, 0) is 0 Å². The number of nitrogens with two attached hydrogens (primary N) is 1. The Morgan fingerprint density at radius 2 is 2.16 bits per heavy atom. The van der Waals surface area contributed by atoms with E-state index in [1.807, 2.05) is 0 Å². The molecule has 0 saturated heterocycles. The van der Waals surface area contributed by atoms with Gasteiger partial charge in [-0.05, 0) is 24.3 Å². The average molecular weight is 268 g/mol. The molecule has 0 fully saturated rings. The number of rotatable bonds is 8. The molecule has 1 atom stereocenters. The first-order valence-corrected chi connectivity index (χ1v) is 7.79. The fourth-order valence-electron chi connectivity index (χ4n) is 2.15. The summed E-state index contributed by atoms with van der Waals surface area (Å²) in [6.07, 6.45) is 6.69. The number of nitrogens with zero attached hydrogens (tertiary/aromatic N) is 1. The van der Waals surface area contributed by atoms with Gasteiger partial charge in [0.25, 0.3) is 0 Å². The van der Waals surface area contributed by atoms with Crippen LogP contribution in [0.3, 0.4) is 0 Å². The highest BCUT2D eigenvalue weighted by Crippen LogP contribution is 2.13. The van der Waals surface area contributed by atoms with Gasteiger partial charge in [-0.2, -0.15) is 0 Å². The van der Waals surface area contributed by atoms with Crippen molar-refractivity contribution < 1.29 is 0 Å². The van der Waals surface area contributed by atoms with Crippen molar-refractivity contribution in [3.63, 3.8) is 0 Å². The summed E-state index contributed by atoms with van der Waals surface area (Å²) in [5, 5.41) is 6.77. The van der Waals surface area contributed by atoms with E-state index in [2.05, 4.69) is 36.4 Å². The molecule has 0 aromatic heterocycles. The van der Waals surface area contributed by atoms with Gasteiger partial charge in [0, 0.05) is 19.6 Å². The summed E-state index contributed by atoms with van der Waals surface area (Å²) in [7, 11) is 0. The summed E-state index contributed by atoms with van der Waals surface area (Å²) >= 11 is 0. The molecule has 0 aromatic carbocycles. The summed E-state index contributed by atoms with van der Waals surface area (Å²) in [6, 6.07) is 0. The zero-order chi connectivity index (χ0) is 14.1. The normalized spacial score (nSPS) is 19.8. The van der Waals surface area contributed by atoms with Crippen LogP contribution in [0.5, 0.6) is 0 Å². The van der Waals surface area contributed by atoms with Crippen molar-refractivity contribution in [2.75, 3.05) is 26.2 Å². The number of guanidine groups is 1. The van der Waals surface area contributed by atoms with Crippen LogP contribution in [0.2, 0.25) is 0 Å². The lowest BCUT2D eigenvalue weighted by molar-refractivity contribution is 0.369. The van der Waals surface area contributed by atoms with Gasteiger partial charge in [-0.15, -0.1) is 0 Å². The molecule has 19 heavy (non-hydrogen) atoms. The minimum absolute atomic E-state index is 0.126. The predicted molar refractivity (Wildman–Crippen MR) is 83.4 cm³/mol. The summed E-state index contributed by atoms with van der Waals surface area (Å²) in [6.45, 7) is 10.2. The number of nitrogens with one attached hydrogen (secondary N) is 2. The second kappa shape index (κ2) is 8.41. The Morgan fingerprint density at radius 1 is 1.37 bits per heavy atom. The highest BCUT2D eigenvalue weighted by atomic mass is 15.2. The van der Waals surface area contributed by atoms with Gasteiger partial charge >= 0.3 is 0 Å². The van der Waals surface area contributed by atoms with E-state index in [1.165, 1.54) is 32.1 Å². The minimum Gasteiger partial charge on any atom is -0.356 e. The number of aliphatic imine (C=N–C) groups is 1. The maximum Gasteiger partial charge on any atom is 0.191 e. The van der Waals surface area contributed by atoms with Crippen molar-refractivity contribution in [1.82, 2.24) is 10.6 Å². The Kier molecular flexibility index (Phi) is 7.21. The van der Waals surface area contributed by atoms with E-state index in [0.29, 0.717) is 12.5 Å². The van der Waals surface area contributed by atoms with Crippen LogP contribution in [-0.4, -0.2) is 32.1 Å². The van der Waals surface area contributed by atoms with Crippen LogP contribution in [0.15, 0.2) is 4.99 Å². The molecule has 0 bridgehead atoms. The van der Waals surface area contributed by atoms with Gasteiger partial charge in [0.2, 0.25) is 0 Å². The van der Waals surface area contributed by atoms with E-state index in [4.69, 9.17) is 5.73 Å². The SMILES string of the molecule is CCCCCCC1CN=C(NCC(C)(C)CN)NC1. The summed E-state index contributed by atoms with van der Waals surface area (Å²) < 4.78 is 0. The maximum absolute atomic E-state index is 5.72. The Labute approximate surface area is 118 Å². The first-order valence-electron chi connectivity index (χ1n) is 7.79. The third-order valence-electron chi connectivity index (χ3n) is 3.82. The third-order valence-corrected chi connectivity index (χ3v) is 3.82. The molecule has 1 unspecified atom stereocenters. The van der Waals surface area contributed by atoms with Gasteiger partial charge in [-0.3, -0.25) is 4.99 Å². The highest BCUT2D eigenvalue weighted by Gasteiger charge is 2.18. The van der Waals surface area contributed by atoms with Crippen LogP contribution in [0.1, 0.15) is 52.9 Å². The van der Waals surface area contributed by atoms with E-state index in [-0.39, 0.29) is 5.41 Å². The number of unbranched alkanes of at least 4 members (excludes halogenated alkanes) is 3. The molecule has 0 aromatic rings. The van der Waals surface area contributed by atoms with E-state index in [9.17, 15) is 0 Å². The molecular formula is C15H32N4. The highest BCUT2D eigenvalue weighted by molar-refractivity contribution is 5.80. The molecule has 1 heterocycles. The fourth-order valence-corrected chi connectivity index (χ4v) is 2.15. The van der Waals surface area contributed by atoms with Crippen LogP contribution < -0.4 is 16.4 Å². The van der Waals surface area contributed by atoms with Crippen molar-refractivity contribution in [3.05, 3.63) is 0 Å². The Bertz CT molecular complexity index is 273. The van der Waals surface area contributed by atoms with Crippen molar-refractivity contribution in [1.29, 1.82) is 0 Å². The predicted octanol–water partition coefficient (Wildman–Crippen LogP) is 2.11. The molecule has 0 amide bonds. The number of hydrogen-bond donors (Lipinski definition) is 3. The fraction of sp³-hybridized carbons (Fsp3) is 0.933. The van der Waals surface area contributed by atoms with Crippen molar-refractivity contribution in [2.45, 2.75) is 52.9 Å². The molecule has 4 nitrogen and oxygen atoms in total. The summed E-state index contributed by atoms with van der Waals surface area (Å²) in [5.74, 6) is 1.66. The Morgan fingerprint density at radius 3 is 2.74 bits per heavy atom. The zero-order valence-corrected chi connectivity index (χ0v) is 13.0. The minimum atomic E-state index is 0.126. The second-order valence-electron chi connectivity index (χ2n) is 6.51. The third kappa shape index (κ3) is 6.81. The second-order valence-corrected chi connectivity index (χ2v) is 6.51. The van der Waals surface area contributed by atoms with Crippen LogP contribution in [0.4, 0.5) is 0 Å². The molecule has 0 saturated carbocycles. The van der Waals surface area contributed by atoms with E-state index in [1.54, 1.807) is 0 Å². The maximum atomic E-state index is 5.72. The summed E-state index contributed by atoms with van der Waals surface area (Å²) in [4.78, 5) is 4.60. The summed E-state index contributed by atoms with van der Waals surface area (Å²) in [5.41, 5.74) is 5.85. The van der Waals surface area contributed by atoms with Gasteiger partial charge in [-0.25, -0.2) is 0 Å². The first kappa shape index (κ1) is 16.3. The smallest absolute Gasteiger partial charge is 0.191 e. The topological polar surface area (TPSA) is 62.4 Å². The van der Waals surface area contributed by atoms with E-state index >= 15 is 0 Å². The molecule has 0 spiro atoms. The molecule has 4 N–H and O–H groups in total.